The third kappa shape index (κ3) is 4.20. The first-order chi connectivity index (χ1) is 9.81. The molecule has 104 valence electrons. The topological polar surface area (TPSA) is 29.5 Å². The molecule has 0 saturated carbocycles. The number of hydrogen-bond donors (Lipinski definition) is 1. The molecule has 0 aliphatic heterocycles. The molecule has 2 aromatic rings. The summed E-state index contributed by atoms with van der Waals surface area (Å²) in [5.41, 5.74) is 3.24. The molecule has 0 amide bonds. The van der Waals surface area contributed by atoms with Gasteiger partial charge in [-0.2, -0.15) is 0 Å². The Morgan fingerprint density at radius 3 is 2.50 bits per heavy atom. The zero-order valence-corrected chi connectivity index (χ0v) is 11.9. The third-order valence-corrected chi connectivity index (χ3v) is 3.10. The standard InChI is InChI=1S/C17H17ClO2/c18-16-8-4-7-15(13-16)17(9-11-20-12-10-19)14-5-2-1-3-6-14/h1-9,13,19H,10-12H2. The Hall–Kier alpha value is -1.61. The van der Waals surface area contributed by atoms with Crippen LogP contribution in [0.4, 0.5) is 0 Å². The fourth-order valence-electron chi connectivity index (χ4n) is 1.97. The van der Waals surface area contributed by atoms with E-state index in [1.807, 2.05) is 48.5 Å². The summed E-state index contributed by atoms with van der Waals surface area (Å²) in [5.74, 6) is 0. The second-order valence-electron chi connectivity index (χ2n) is 4.29. The Morgan fingerprint density at radius 1 is 1.05 bits per heavy atom. The van der Waals surface area contributed by atoms with Crippen LogP contribution in [-0.2, 0) is 4.74 Å². The molecule has 0 radical (unpaired) electrons. The van der Waals surface area contributed by atoms with Crippen molar-refractivity contribution in [3.63, 3.8) is 0 Å². The van der Waals surface area contributed by atoms with Crippen LogP contribution in [0.1, 0.15) is 11.1 Å². The number of rotatable bonds is 6. The SMILES string of the molecule is OCCOCC=C(c1ccccc1)c1cccc(Cl)c1. The summed E-state index contributed by atoms with van der Waals surface area (Å²) >= 11 is 6.07. The zero-order valence-electron chi connectivity index (χ0n) is 11.1. The van der Waals surface area contributed by atoms with Crippen molar-refractivity contribution in [2.24, 2.45) is 0 Å². The molecule has 3 heteroatoms. The van der Waals surface area contributed by atoms with Crippen LogP contribution in [0.3, 0.4) is 0 Å². The molecule has 0 atom stereocenters. The van der Waals surface area contributed by atoms with Crippen molar-refractivity contribution in [2.75, 3.05) is 19.8 Å². The maximum absolute atomic E-state index is 8.74. The smallest absolute Gasteiger partial charge is 0.0702 e. The number of hydrogen-bond acceptors (Lipinski definition) is 2. The van der Waals surface area contributed by atoms with E-state index in [1.54, 1.807) is 0 Å². The summed E-state index contributed by atoms with van der Waals surface area (Å²) in [6, 6.07) is 17.9. The first kappa shape index (κ1) is 14.8. The van der Waals surface area contributed by atoms with Crippen LogP contribution in [-0.4, -0.2) is 24.9 Å². The number of aliphatic hydroxyl groups is 1. The lowest BCUT2D eigenvalue weighted by Crippen LogP contribution is -1.99. The van der Waals surface area contributed by atoms with Crippen molar-refractivity contribution in [3.05, 3.63) is 76.8 Å². The van der Waals surface area contributed by atoms with E-state index < -0.39 is 0 Å². The predicted molar refractivity (Wildman–Crippen MR) is 82.9 cm³/mol. The second kappa shape index (κ2) is 7.85. The van der Waals surface area contributed by atoms with Crippen LogP contribution in [0.25, 0.3) is 5.57 Å². The van der Waals surface area contributed by atoms with E-state index in [0.717, 1.165) is 16.7 Å². The molecule has 0 unspecified atom stereocenters. The molecule has 0 saturated heterocycles. The molecule has 2 rings (SSSR count). The maximum atomic E-state index is 8.74. The monoisotopic (exact) mass is 288 g/mol. The molecule has 2 nitrogen and oxygen atoms in total. The molecule has 2 aromatic carbocycles. The fourth-order valence-corrected chi connectivity index (χ4v) is 2.16. The Kier molecular flexibility index (Phi) is 5.81. The van der Waals surface area contributed by atoms with Crippen molar-refractivity contribution in [3.8, 4) is 0 Å². The summed E-state index contributed by atoms with van der Waals surface area (Å²) in [6.45, 7) is 0.830. The highest BCUT2D eigenvalue weighted by Gasteiger charge is 2.05. The average Bonchev–Trinajstić information content (AvgIpc) is 2.48. The molecule has 0 aliphatic rings. The average molecular weight is 289 g/mol. The van der Waals surface area contributed by atoms with Gasteiger partial charge in [-0.1, -0.05) is 60.1 Å². The van der Waals surface area contributed by atoms with Gasteiger partial charge in [0.05, 0.1) is 19.8 Å². The van der Waals surface area contributed by atoms with Crippen LogP contribution in [0.2, 0.25) is 5.02 Å². The molecule has 0 heterocycles. The number of benzene rings is 2. The van der Waals surface area contributed by atoms with Crippen molar-refractivity contribution < 1.29 is 9.84 Å². The zero-order chi connectivity index (χ0) is 14.2. The van der Waals surface area contributed by atoms with Gasteiger partial charge in [-0.05, 0) is 28.8 Å². The van der Waals surface area contributed by atoms with Gasteiger partial charge in [0.1, 0.15) is 0 Å². The van der Waals surface area contributed by atoms with Crippen LogP contribution < -0.4 is 0 Å². The number of halogens is 1. The van der Waals surface area contributed by atoms with E-state index >= 15 is 0 Å². The Labute approximate surface area is 124 Å². The van der Waals surface area contributed by atoms with Crippen molar-refractivity contribution in [1.29, 1.82) is 0 Å². The molecule has 1 N–H and O–H groups in total. The van der Waals surface area contributed by atoms with Crippen molar-refractivity contribution in [2.45, 2.75) is 0 Å². The summed E-state index contributed by atoms with van der Waals surface area (Å²) in [7, 11) is 0. The Morgan fingerprint density at radius 2 is 1.80 bits per heavy atom. The highest BCUT2D eigenvalue weighted by molar-refractivity contribution is 6.30. The fraction of sp³-hybridized carbons (Fsp3) is 0.176. The van der Waals surface area contributed by atoms with Gasteiger partial charge in [-0.25, -0.2) is 0 Å². The minimum atomic E-state index is 0.0334. The van der Waals surface area contributed by atoms with Gasteiger partial charge in [0.25, 0.3) is 0 Å². The van der Waals surface area contributed by atoms with E-state index in [0.29, 0.717) is 18.2 Å². The molecule has 20 heavy (non-hydrogen) atoms. The van der Waals surface area contributed by atoms with Crippen LogP contribution in [0.15, 0.2) is 60.7 Å². The molecule has 0 bridgehead atoms. The van der Waals surface area contributed by atoms with Gasteiger partial charge < -0.3 is 9.84 Å². The second-order valence-corrected chi connectivity index (χ2v) is 4.73. The lowest BCUT2D eigenvalue weighted by molar-refractivity contribution is 0.112. The van der Waals surface area contributed by atoms with Crippen LogP contribution in [0, 0.1) is 0 Å². The molecular formula is C17H17ClO2. The van der Waals surface area contributed by atoms with E-state index in [-0.39, 0.29) is 6.61 Å². The molecule has 0 fully saturated rings. The lowest BCUT2D eigenvalue weighted by atomic mass is 9.98. The minimum absolute atomic E-state index is 0.0334. The largest absolute Gasteiger partial charge is 0.394 e. The lowest BCUT2D eigenvalue weighted by Gasteiger charge is -2.09. The van der Waals surface area contributed by atoms with E-state index in [1.165, 1.54) is 0 Å². The molecule has 0 aliphatic carbocycles. The minimum Gasteiger partial charge on any atom is -0.394 e. The first-order valence-electron chi connectivity index (χ1n) is 6.51. The van der Waals surface area contributed by atoms with Gasteiger partial charge in [0, 0.05) is 5.02 Å². The Bertz CT molecular complexity index is 564. The Balaban J connectivity index is 2.29. The third-order valence-electron chi connectivity index (χ3n) is 2.86. The predicted octanol–water partition coefficient (Wildman–Crippen LogP) is 3.78. The summed E-state index contributed by atoms with van der Waals surface area (Å²) < 4.78 is 5.33. The van der Waals surface area contributed by atoms with E-state index in [9.17, 15) is 0 Å². The van der Waals surface area contributed by atoms with Crippen molar-refractivity contribution >= 4 is 17.2 Å². The highest BCUT2D eigenvalue weighted by Crippen LogP contribution is 2.25. The molecular weight excluding hydrogens is 272 g/mol. The maximum Gasteiger partial charge on any atom is 0.0702 e. The quantitative estimate of drug-likeness (QED) is 0.820. The highest BCUT2D eigenvalue weighted by atomic mass is 35.5. The van der Waals surface area contributed by atoms with Gasteiger partial charge in [0.15, 0.2) is 0 Å². The summed E-state index contributed by atoms with van der Waals surface area (Å²) in [4.78, 5) is 0. The number of aliphatic hydroxyl groups excluding tert-OH is 1. The van der Waals surface area contributed by atoms with Crippen molar-refractivity contribution in [1.82, 2.24) is 0 Å². The van der Waals surface area contributed by atoms with E-state index in [2.05, 4.69) is 12.1 Å². The molecule has 0 spiro atoms. The summed E-state index contributed by atoms with van der Waals surface area (Å²) in [5, 5.41) is 9.45. The van der Waals surface area contributed by atoms with E-state index in [4.69, 9.17) is 21.4 Å². The normalized spacial score (nSPS) is 11.6. The number of ether oxygens (including phenoxy) is 1. The summed E-state index contributed by atoms with van der Waals surface area (Å²) in [6.07, 6.45) is 2.01. The van der Waals surface area contributed by atoms with Crippen LogP contribution in [0.5, 0.6) is 0 Å². The van der Waals surface area contributed by atoms with Gasteiger partial charge in [-0.15, -0.1) is 0 Å². The van der Waals surface area contributed by atoms with Crippen LogP contribution >= 0.6 is 11.6 Å². The molecule has 0 aromatic heterocycles. The first-order valence-corrected chi connectivity index (χ1v) is 6.89. The van der Waals surface area contributed by atoms with Gasteiger partial charge >= 0.3 is 0 Å². The van der Waals surface area contributed by atoms with Gasteiger partial charge in [-0.3, -0.25) is 0 Å². The van der Waals surface area contributed by atoms with Gasteiger partial charge in [0.2, 0.25) is 0 Å².